The molecule has 144 valence electrons. The quantitative estimate of drug-likeness (QED) is 0.346. The summed E-state index contributed by atoms with van der Waals surface area (Å²) in [6.07, 6.45) is 0. The highest BCUT2D eigenvalue weighted by atomic mass is 127. The largest absolute Gasteiger partial charge is 0.493 e. The molecule has 6 nitrogen and oxygen atoms in total. The molecule has 2 aromatic rings. The third-order valence-electron chi connectivity index (χ3n) is 3.76. The molecule has 0 aliphatic heterocycles. The molecule has 2 N–H and O–H groups in total. The van der Waals surface area contributed by atoms with Crippen molar-refractivity contribution < 1.29 is 14.2 Å². The molecule has 1 atom stereocenters. The molecule has 0 bridgehead atoms. The molecule has 1 aromatic carbocycles. The van der Waals surface area contributed by atoms with E-state index in [0.717, 1.165) is 12.2 Å². The predicted octanol–water partition coefficient (Wildman–Crippen LogP) is 4.18. The maximum Gasteiger partial charge on any atom is 0.203 e. The number of anilines is 1. The molecule has 0 radical (unpaired) electrons. The van der Waals surface area contributed by atoms with Crippen molar-refractivity contribution in [1.82, 2.24) is 5.32 Å². The van der Waals surface area contributed by atoms with Gasteiger partial charge in [0.1, 0.15) is 0 Å². The number of halogens is 1. The van der Waals surface area contributed by atoms with Crippen molar-refractivity contribution in [2.45, 2.75) is 12.8 Å². The number of guanidine groups is 1. The summed E-state index contributed by atoms with van der Waals surface area (Å²) in [5, 5.41) is 8.69. The minimum atomic E-state index is 0. The Bertz CT molecular complexity index is 683. The lowest BCUT2D eigenvalue weighted by Gasteiger charge is -2.17. The third kappa shape index (κ3) is 5.66. The van der Waals surface area contributed by atoms with Gasteiger partial charge in [0.15, 0.2) is 17.5 Å². The molecule has 0 amide bonds. The fourth-order valence-corrected chi connectivity index (χ4v) is 3.18. The highest BCUT2D eigenvalue weighted by molar-refractivity contribution is 14.0. The average molecular weight is 491 g/mol. The van der Waals surface area contributed by atoms with Crippen LogP contribution < -0.4 is 24.8 Å². The zero-order chi connectivity index (χ0) is 18.2. The fraction of sp³-hybridized carbons (Fsp3) is 0.389. The molecular weight excluding hydrogens is 465 g/mol. The van der Waals surface area contributed by atoms with Crippen LogP contribution in [0.5, 0.6) is 17.2 Å². The van der Waals surface area contributed by atoms with Crippen LogP contribution in [-0.4, -0.2) is 40.9 Å². The lowest BCUT2D eigenvalue weighted by Crippen LogP contribution is -2.33. The third-order valence-corrected chi connectivity index (χ3v) is 4.86. The van der Waals surface area contributed by atoms with Crippen molar-refractivity contribution in [3.63, 3.8) is 0 Å². The first kappa shape index (κ1) is 22.4. The van der Waals surface area contributed by atoms with Crippen molar-refractivity contribution in [2.75, 3.05) is 40.2 Å². The molecule has 1 unspecified atom stereocenters. The van der Waals surface area contributed by atoms with Crippen LogP contribution >= 0.6 is 35.3 Å². The molecule has 0 spiro atoms. The Labute approximate surface area is 176 Å². The molecule has 0 fully saturated rings. The van der Waals surface area contributed by atoms with Crippen LogP contribution in [-0.2, 0) is 0 Å². The molecule has 0 saturated carbocycles. The first-order valence-corrected chi connectivity index (χ1v) is 8.82. The summed E-state index contributed by atoms with van der Waals surface area (Å²) in [4.78, 5) is 5.62. The van der Waals surface area contributed by atoms with Gasteiger partial charge in [0.25, 0.3) is 0 Å². The standard InChI is InChI=1S/C18H25N3O3S.HI/c1-12(16-7-6-8-25-16)11-20-18(19-2)21-13-9-14(22-3)17(24-5)15(10-13)23-4;/h6-10,12H,11H2,1-5H3,(H2,19,20,21);1H. The minimum absolute atomic E-state index is 0. The summed E-state index contributed by atoms with van der Waals surface area (Å²) in [5.41, 5.74) is 0.798. The molecule has 8 heteroatoms. The number of ether oxygens (including phenoxy) is 3. The summed E-state index contributed by atoms with van der Waals surface area (Å²) in [6.45, 7) is 2.97. The van der Waals surface area contributed by atoms with Crippen LogP contribution in [0.2, 0.25) is 0 Å². The Balaban J connectivity index is 0.00000338. The number of benzene rings is 1. The summed E-state index contributed by atoms with van der Waals surface area (Å²) in [7, 11) is 6.51. The number of nitrogens with one attached hydrogen (secondary N) is 2. The summed E-state index contributed by atoms with van der Waals surface area (Å²) < 4.78 is 16.1. The molecule has 0 saturated heterocycles. The van der Waals surface area contributed by atoms with E-state index in [1.54, 1.807) is 39.7 Å². The number of thiophene rings is 1. The molecule has 0 aliphatic rings. The van der Waals surface area contributed by atoms with E-state index in [0.29, 0.717) is 29.1 Å². The van der Waals surface area contributed by atoms with Crippen molar-refractivity contribution in [2.24, 2.45) is 4.99 Å². The van der Waals surface area contributed by atoms with Gasteiger partial charge in [-0.25, -0.2) is 0 Å². The lowest BCUT2D eigenvalue weighted by molar-refractivity contribution is 0.324. The molecular formula is C18H26IN3O3S. The van der Waals surface area contributed by atoms with Gasteiger partial charge < -0.3 is 24.8 Å². The zero-order valence-corrected chi connectivity index (χ0v) is 18.8. The van der Waals surface area contributed by atoms with E-state index in [4.69, 9.17) is 14.2 Å². The van der Waals surface area contributed by atoms with E-state index >= 15 is 0 Å². The predicted molar refractivity (Wildman–Crippen MR) is 119 cm³/mol. The number of aliphatic imine (C=N–C) groups is 1. The Kier molecular flexibility index (Phi) is 9.57. The highest BCUT2D eigenvalue weighted by Crippen LogP contribution is 2.39. The second-order valence-corrected chi connectivity index (χ2v) is 6.39. The number of methoxy groups -OCH3 is 3. The van der Waals surface area contributed by atoms with E-state index in [2.05, 4.69) is 40.1 Å². The first-order valence-electron chi connectivity index (χ1n) is 7.94. The normalized spacial score (nSPS) is 12.0. The smallest absolute Gasteiger partial charge is 0.203 e. The fourth-order valence-electron chi connectivity index (χ4n) is 2.39. The monoisotopic (exact) mass is 491 g/mol. The average Bonchev–Trinajstić information content (AvgIpc) is 3.18. The molecule has 2 rings (SSSR count). The van der Waals surface area contributed by atoms with Crippen LogP contribution in [0, 0.1) is 0 Å². The SMILES string of the molecule is CN=C(NCC(C)c1cccs1)Nc1cc(OC)c(OC)c(OC)c1.I. The van der Waals surface area contributed by atoms with Gasteiger partial charge in [0, 0.05) is 42.2 Å². The Hall–Kier alpha value is -1.68. The highest BCUT2D eigenvalue weighted by Gasteiger charge is 2.14. The van der Waals surface area contributed by atoms with Crippen LogP contribution in [0.25, 0.3) is 0 Å². The second-order valence-electron chi connectivity index (χ2n) is 5.41. The Morgan fingerprint density at radius 1 is 1.15 bits per heavy atom. The molecule has 26 heavy (non-hydrogen) atoms. The second kappa shape index (κ2) is 11.1. The van der Waals surface area contributed by atoms with Crippen LogP contribution in [0.1, 0.15) is 17.7 Å². The van der Waals surface area contributed by atoms with Gasteiger partial charge in [0.2, 0.25) is 5.75 Å². The minimum Gasteiger partial charge on any atom is -0.493 e. The van der Waals surface area contributed by atoms with E-state index in [1.807, 2.05) is 12.1 Å². The maximum atomic E-state index is 5.38. The zero-order valence-electron chi connectivity index (χ0n) is 15.7. The van der Waals surface area contributed by atoms with Crippen LogP contribution in [0.4, 0.5) is 5.69 Å². The molecule has 1 aromatic heterocycles. The van der Waals surface area contributed by atoms with Crippen molar-refractivity contribution in [3.8, 4) is 17.2 Å². The van der Waals surface area contributed by atoms with E-state index < -0.39 is 0 Å². The number of hydrogen-bond donors (Lipinski definition) is 2. The van der Waals surface area contributed by atoms with Gasteiger partial charge in [-0.05, 0) is 11.4 Å². The first-order chi connectivity index (χ1) is 12.1. The number of nitrogens with zero attached hydrogens (tertiary/aromatic N) is 1. The van der Waals surface area contributed by atoms with Crippen LogP contribution in [0.15, 0.2) is 34.6 Å². The number of hydrogen-bond acceptors (Lipinski definition) is 5. The summed E-state index contributed by atoms with van der Waals surface area (Å²) in [5.74, 6) is 2.82. The molecule has 1 heterocycles. The van der Waals surface area contributed by atoms with E-state index in [9.17, 15) is 0 Å². The van der Waals surface area contributed by atoms with Crippen molar-refractivity contribution in [3.05, 3.63) is 34.5 Å². The van der Waals surface area contributed by atoms with E-state index in [1.165, 1.54) is 4.88 Å². The topological polar surface area (TPSA) is 64.1 Å². The van der Waals surface area contributed by atoms with E-state index in [-0.39, 0.29) is 24.0 Å². The van der Waals surface area contributed by atoms with Crippen LogP contribution in [0.3, 0.4) is 0 Å². The van der Waals surface area contributed by atoms with Crippen molar-refractivity contribution >= 4 is 47.0 Å². The van der Waals surface area contributed by atoms with Gasteiger partial charge in [-0.15, -0.1) is 35.3 Å². The Morgan fingerprint density at radius 3 is 2.27 bits per heavy atom. The van der Waals surface area contributed by atoms with Gasteiger partial charge in [-0.3, -0.25) is 4.99 Å². The van der Waals surface area contributed by atoms with Gasteiger partial charge in [-0.1, -0.05) is 13.0 Å². The van der Waals surface area contributed by atoms with Gasteiger partial charge in [0.05, 0.1) is 21.3 Å². The lowest BCUT2D eigenvalue weighted by atomic mass is 10.1. The summed E-state index contributed by atoms with van der Waals surface area (Å²) in [6, 6.07) is 7.90. The number of rotatable bonds is 7. The maximum absolute atomic E-state index is 5.38. The molecule has 0 aliphatic carbocycles. The Morgan fingerprint density at radius 2 is 1.81 bits per heavy atom. The van der Waals surface area contributed by atoms with Gasteiger partial charge >= 0.3 is 0 Å². The van der Waals surface area contributed by atoms with Crippen molar-refractivity contribution in [1.29, 1.82) is 0 Å². The summed E-state index contributed by atoms with van der Waals surface area (Å²) >= 11 is 1.76. The van der Waals surface area contributed by atoms with Gasteiger partial charge in [-0.2, -0.15) is 0 Å².